The summed E-state index contributed by atoms with van der Waals surface area (Å²) in [6, 6.07) is 1.80. The largest absolute Gasteiger partial charge is 0.326 e. The van der Waals surface area contributed by atoms with E-state index in [0.29, 0.717) is 18.1 Å². The van der Waals surface area contributed by atoms with Crippen LogP contribution in [0.4, 0.5) is 0 Å². The van der Waals surface area contributed by atoms with E-state index in [1.807, 2.05) is 0 Å². The molecule has 1 saturated heterocycles. The van der Waals surface area contributed by atoms with Gasteiger partial charge in [0, 0.05) is 44.3 Å². The molecule has 3 heteroatoms. The van der Waals surface area contributed by atoms with Gasteiger partial charge in [0.1, 0.15) is 0 Å². The van der Waals surface area contributed by atoms with Crippen molar-refractivity contribution in [3.05, 3.63) is 0 Å². The van der Waals surface area contributed by atoms with E-state index in [0.717, 1.165) is 0 Å². The Morgan fingerprint density at radius 2 is 1.62 bits per heavy atom. The maximum absolute atomic E-state index is 6.25. The van der Waals surface area contributed by atoms with Crippen LogP contribution in [-0.2, 0) is 0 Å². The second kappa shape index (κ2) is 5.48. The molecule has 1 heterocycles. The highest BCUT2D eigenvalue weighted by Gasteiger charge is 2.30. The Labute approximate surface area is 100.0 Å². The van der Waals surface area contributed by atoms with Gasteiger partial charge in [0.2, 0.25) is 0 Å². The third-order valence-electron chi connectivity index (χ3n) is 4.33. The molecule has 0 amide bonds. The summed E-state index contributed by atoms with van der Waals surface area (Å²) in [7, 11) is 0. The minimum atomic E-state index is 0.430. The van der Waals surface area contributed by atoms with Crippen molar-refractivity contribution >= 4 is 0 Å². The molecule has 0 spiro atoms. The van der Waals surface area contributed by atoms with Crippen molar-refractivity contribution in [3.63, 3.8) is 0 Å². The standard InChI is InChI=1S/C13H27N3/c1-11(2)15-7-9-16(10-8-15)13-6-4-3-5-12(13)14/h11-13H,3-10,14H2,1-2H3/t12-,13-/m0/s1. The van der Waals surface area contributed by atoms with Crippen LogP contribution in [0.3, 0.4) is 0 Å². The lowest BCUT2D eigenvalue weighted by Gasteiger charge is -2.44. The van der Waals surface area contributed by atoms with Crippen molar-refractivity contribution in [2.24, 2.45) is 5.73 Å². The van der Waals surface area contributed by atoms with Crippen LogP contribution < -0.4 is 5.73 Å². The Morgan fingerprint density at radius 1 is 1.00 bits per heavy atom. The maximum atomic E-state index is 6.25. The lowest BCUT2D eigenvalue weighted by molar-refractivity contribution is 0.0564. The van der Waals surface area contributed by atoms with Crippen molar-refractivity contribution < 1.29 is 0 Å². The average molecular weight is 225 g/mol. The fourth-order valence-electron chi connectivity index (χ4n) is 3.18. The Bertz CT molecular complexity index is 209. The van der Waals surface area contributed by atoms with Crippen LogP contribution in [-0.4, -0.2) is 54.1 Å². The molecule has 2 aliphatic rings. The molecule has 2 rings (SSSR count). The first-order valence-corrected chi connectivity index (χ1v) is 6.92. The quantitative estimate of drug-likeness (QED) is 0.768. The van der Waals surface area contributed by atoms with Crippen LogP contribution in [0.15, 0.2) is 0 Å². The molecule has 16 heavy (non-hydrogen) atoms. The van der Waals surface area contributed by atoms with Crippen molar-refractivity contribution in [1.82, 2.24) is 9.80 Å². The molecule has 2 N–H and O–H groups in total. The van der Waals surface area contributed by atoms with Gasteiger partial charge in [-0.25, -0.2) is 0 Å². The van der Waals surface area contributed by atoms with Gasteiger partial charge in [-0.3, -0.25) is 9.80 Å². The van der Waals surface area contributed by atoms with Gasteiger partial charge in [-0.1, -0.05) is 12.8 Å². The number of nitrogens with two attached hydrogens (primary N) is 1. The fourth-order valence-corrected chi connectivity index (χ4v) is 3.18. The van der Waals surface area contributed by atoms with Gasteiger partial charge < -0.3 is 5.73 Å². The van der Waals surface area contributed by atoms with E-state index in [2.05, 4.69) is 23.6 Å². The first kappa shape index (κ1) is 12.3. The van der Waals surface area contributed by atoms with Gasteiger partial charge in [-0.15, -0.1) is 0 Å². The number of piperazine rings is 1. The Morgan fingerprint density at radius 3 is 2.19 bits per heavy atom. The Balaban J connectivity index is 1.83. The summed E-state index contributed by atoms with van der Waals surface area (Å²) in [6.45, 7) is 9.47. The van der Waals surface area contributed by atoms with Crippen molar-refractivity contribution in [1.29, 1.82) is 0 Å². The van der Waals surface area contributed by atoms with E-state index in [1.165, 1.54) is 51.9 Å². The molecule has 0 radical (unpaired) electrons. The van der Waals surface area contributed by atoms with Gasteiger partial charge >= 0.3 is 0 Å². The highest BCUT2D eigenvalue weighted by molar-refractivity contribution is 4.88. The van der Waals surface area contributed by atoms with Crippen LogP contribution in [0.25, 0.3) is 0 Å². The molecule has 0 aromatic rings. The summed E-state index contributed by atoms with van der Waals surface area (Å²) in [5, 5.41) is 0. The topological polar surface area (TPSA) is 32.5 Å². The molecular weight excluding hydrogens is 198 g/mol. The van der Waals surface area contributed by atoms with E-state index >= 15 is 0 Å². The van der Waals surface area contributed by atoms with E-state index in [-0.39, 0.29) is 0 Å². The third kappa shape index (κ3) is 2.76. The first-order chi connectivity index (χ1) is 7.68. The Hall–Kier alpha value is -0.120. The zero-order valence-electron chi connectivity index (χ0n) is 10.9. The predicted octanol–water partition coefficient (Wildman–Crippen LogP) is 1.28. The van der Waals surface area contributed by atoms with E-state index in [4.69, 9.17) is 5.73 Å². The molecule has 1 aliphatic heterocycles. The van der Waals surface area contributed by atoms with Crippen molar-refractivity contribution in [2.45, 2.75) is 57.7 Å². The molecular formula is C13H27N3. The molecule has 94 valence electrons. The van der Waals surface area contributed by atoms with Crippen LogP contribution in [0, 0.1) is 0 Å². The van der Waals surface area contributed by atoms with Crippen molar-refractivity contribution in [3.8, 4) is 0 Å². The molecule has 2 atom stereocenters. The minimum absolute atomic E-state index is 0.430. The number of hydrogen-bond donors (Lipinski definition) is 1. The van der Waals surface area contributed by atoms with Gasteiger partial charge in [-0.05, 0) is 26.7 Å². The monoisotopic (exact) mass is 225 g/mol. The average Bonchev–Trinajstić information content (AvgIpc) is 2.30. The predicted molar refractivity (Wildman–Crippen MR) is 68.5 cm³/mol. The summed E-state index contributed by atoms with van der Waals surface area (Å²) in [6.07, 6.45) is 5.27. The second-order valence-corrected chi connectivity index (χ2v) is 5.68. The van der Waals surface area contributed by atoms with Gasteiger partial charge in [0.15, 0.2) is 0 Å². The third-order valence-corrected chi connectivity index (χ3v) is 4.33. The molecule has 1 saturated carbocycles. The lowest BCUT2D eigenvalue weighted by atomic mass is 9.89. The Kier molecular flexibility index (Phi) is 4.22. The molecule has 0 aromatic heterocycles. The normalized spacial score (nSPS) is 34.5. The number of rotatable bonds is 2. The van der Waals surface area contributed by atoms with E-state index in [9.17, 15) is 0 Å². The lowest BCUT2D eigenvalue weighted by Crippen LogP contribution is -2.57. The van der Waals surface area contributed by atoms with E-state index in [1.54, 1.807) is 0 Å². The van der Waals surface area contributed by atoms with Crippen LogP contribution in [0.1, 0.15) is 39.5 Å². The zero-order chi connectivity index (χ0) is 11.5. The summed E-state index contributed by atoms with van der Waals surface area (Å²) in [4.78, 5) is 5.22. The molecule has 0 aromatic carbocycles. The van der Waals surface area contributed by atoms with Crippen molar-refractivity contribution in [2.75, 3.05) is 26.2 Å². The number of hydrogen-bond acceptors (Lipinski definition) is 3. The highest BCUT2D eigenvalue weighted by atomic mass is 15.3. The summed E-state index contributed by atoms with van der Waals surface area (Å²) in [5.74, 6) is 0. The van der Waals surface area contributed by atoms with Crippen LogP contribution >= 0.6 is 0 Å². The molecule has 0 bridgehead atoms. The molecule has 1 aliphatic carbocycles. The molecule has 2 fully saturated rings. The fraction of sp³-hybridized carbons (Fsp3) is 1.00. The van der Waals surface area contributed by atoms with Gasteiger partial charge in [-0.2, -0.15) is 0 Å². The highest BCUT2D eigenvalue weighted by Crippen LogP contribution is 2.23. The molecule has 3 nitrogen and oxygen atoms in total. The summed E-state index contributed by atoms with van der Waals surface area (Å²) in [5.41, 5.74) is 6.25. The number of nitrogens with zero attached hydrogens (tertiary/aromatic N) is 2. The van der Waals surface area contributed by atoms with Gasteiger partial charge in [0.05, 0.1) is 0 Å². The zero-order valence-corrected chi connectivity index (χ0v) is 10.9. The summed E-state index contributed by atoms with van der Waals surface area (Å²) < 4.78 is 0. The first-order valence-electron chi connectivity index (χ1n) is 6.92. The smallest absolute Gasteiger partial charge is 0.0248 e. The van der Waals surface area contributed by atoms with Gasteiger partial charge in [0.25, 0.3) is 0 Å². The summed E-state index contributed by atoms with van der Waals surface area (Å²) >= 11 is 0. The van der Waals surface area contributed by atoms with Crippen LogP contribution in [0.5, 0.6) is 0 Å². The SMILES string of the molecule is CC(C)N1CCN([C@H]2CCCC[C@@H]2N)CC1. The minimum Gasteiger partial charge on any atom is -0.326 e. The van der Waals surface area contributed by atoms with Crippen LogP contribution in [0.2, 0.25) is 0 Å². The maximum Gasteiger partial charge on any atom is 0.0248 e. The second-order valence-electron chi connectivity index (χ2n) is 5.68. The van der Waals surface area contributed by atoms with E-state index < -0.39 is 0 Å². The molecule has 0 unspecified atom stereocenters.